The van der Waals surface area contributed by atoms with Crippen LogP contribution in [0.4, 0.5) is 0 Å². The van der Waals surface area contributed by atoms with Gasteiger partial charge in [0.2, 0.25) is 0 Å². The molecule has 1 unspecified atom stereocenters. The van der Waals surface area contributed by atoms with Crippen LogP contribution >= 0.6 is 11.3 Å². The highest BCUT2D eigenvalue weighted by Crippen LogP contribution is 2.41. The van der Waals surface area contributed by atoms with E-state index in [9.17, 15) is 4.79 Å². The molecule has 180 valence electrons. The van der Waals surface area contributed by atoms with Gasteiger partial charge in [-0.25, -0.2) is 4.99 Å². The molecule has 0 N–H and O–H groups in total. The van der Waals surface area contributed by atoms with E-state index in [1.165, 1.54) is 28.0 Å². The number of fused-ring (bicyclic) bond motifs is 3. The van der Waals surface area contributed by atoms with Crippen molar-refractivity contribution in [1.82, 2.24) is 4.57 Å². The minimum absolute atomic E-state index is 0.0215. The number of methoxy groups -OCH3 is 1. The summed E-state index contributed by atoms with van der Waals surface area (Å²) in [6.45, 7) is 2.47. The second-order valence-electron chi connectivity index (χ2n) is 8.87. The van der Waals surface area contributed by atoms with E-state index in [2.05, 4.69) is 36.4 Å². The van der Waals surface area contributed by atoms with Gasteiger partial charge in [0.1, 0.15) is 0 Å². The second kappa shape index (κ2) is 9.28. The van der Waals surface area contributed by atoms with Crippen LogP contribution < -0.4 is 24.4 Å². The Kier molecular flexibility index (Phi) is 5.82. The zero-order valence-corrected chi connectivity index (χ0v) is 21.0. The molecule has 36 heavy (non-hydrogen) atoms. The van der Waals surface area contributed by atoms with Crippen molar-refractivity contribution in [2.75, 3.05) is 13.7 Å². The molecule has 1 aliphatic carbocycles. The molecule has 1 aromatic heterocycles. The van der Waals surface area contributed by atoms with Crippen LogP contribution in [0.15, 0.2) is 88.2 Å². The van der Waals surface area contributed by atoms with Crippen molar-refractivity contribution >= 4 is 23.1 Å². The van der Waals surface area contributed by atoms with Crippen molar-refractivity contribution in [3.05, 3.63) is 120 Å². The quantitative estimate of drug-likeness (QED) is 0.403. The largest absolute Gasteiger partial charge is 0.493 e. The topological polar surface area (TPSA) is 52.8 Å². The van der Waals surface area contributed by atoms with Gasteiger partial charge in [-0.05, 0) is 60.2 Å². The molecule has 2 aliphatic rings. The van der Waals surface area contributed by atoms with Gasteiger partial charge in [-0.3, -0.25) is 9.36 Å². The number of hydrogen-bond acceptors (Lipinski definition) is 5. The van der Waals surface area contributed by atoms with Gasteiger partial charge in [-0.1, -0.05) is 72.0 Å². The van der Waals surface area contributed by atoms with Crippen molar-refractivity contribution in [3.63, 3.8) is 0 Å². The summed E-state index contributed by atoms with van der Waals surface area (Å²) in [5, 5.41) is 0. The fraction of sp³-hybridized carbons (Fsp3) is 0.200. The summed E-state index contributed by atoms with van der Waals surface area (Å²) in [7, 11) is 1.62. The molecule has 0 spiro atoms. The zero-order valence-electron chi connectivity index (χ0n) is 20.2. The smallest absolute Gasteiger partial charge is 0.271 e. The monoisotopic (exact) mass is 494 g/mol. The minimum Gasteiger partial charge on any atom is -0.493 e. The first-order valence-electron chi connectivity index (χ1n) is 12.2. The molecule has 5 nitrogen and oxygen atoms in total. The van der Waals surface area contributed by atoms with Crippen LogP contribution in [0.25, 0.3) is 11.8 Å². The van der Waals surface area contributed by atoms with Gasteiger partial charge in [0.05, 0.1) is 30.0 Å². The van der Waals surface area contributed by atoms with Gasteiger partial charge in [-0.2, -0.15) is 0 Å². The molecule has 0 bridgehead atoms. The van der Waals surface area contributed by atoms with Gasteiger partial charge < -0.3 is 9.47 Å². The van der Waals surface area contributed by atoms with Crippen LogP contribution in [0.3, 0.4) is 0 Å². The summed E-state index contributed by atoms with van der Waals surface area (Å²) >= 11 is 1.44. The van der Waals surface area contributed by atoms with E-state index < -0.39 is 0 Å². The lowest BCUT2D eigenvalue weighted by atomic mass is 9.83. The lowest BCUT2D eigenvalue weighted by Crippen LogP contribution is -2.38. The first-order chi connectivity index (χ1) is 17.7. The third-order valence-electron chi connectivity index (χ3n) is 6.77. The molecule has 4 aromatic rings. The van der Waals surface area contributed by atoms with E-state index in [0.29, 0.717) is 22.6 Å². The van der Waals surface area contributed by atoms with Crippen molar-refractivity contribution in [1.29, 1.82) is 0 Å². The van der Waals surface area contributed by atoms with Crippen LogP contribution in [0.1, 0.15) is 41.6 Å². The number of allylic oxidation sites excluding steroid dienone is 1. The summed E-state index contributed by atoms with van der Waals surface area (Å²) in [6.07, 6.45) is 3.75. The number of hydrogen-bond donors (Lipinski definition) is 0. The van der Waals surface area contributed by atoms with Crippen LogP contribution in [-0.2, 0) is 6.42 Å². The van der Waals surface area contributed by atoms with Crippen LogP contribution in [0.5, 0.6) is 11.5 Å². The Balaban J connectivity index is 1.56. The highest BCUT2D eigenvalue weighted by Gasteiger charge is 2.32. The Labute approximate surface area is 213 Å². The molecular weight excluding hydrogens is 468 g/mol. The fourth-order valence-electron chi connectivity index (χ4n) is 5.16. The average molecular weight is 495 g/mol. The summed E-state index contributed by atoms with van der Waals surface area (Å²) < 4.78 is 13.7. The third-order valence-corrected chi connectivity index (χ3v) is 7.76. The van der Waals surface area contributed by atoms with Crippen LogP contribution in [-0.4, -0.2) is 18.3 Å². The molecule has 1 aliphatic heterocycles. The predicted molar refractivity (Wildman–Crippen MR) is 143 cm³/mol. The number of ether oxygens (including phenoxy) is 2. The van der Waals surface area contributed by atoms with Gasteiger partial charge >= 0.3 is 0 Å². The fourth-order valence-corrected chi connectivity index (χ4v) is 6.16. The molecule has 0 radical (unpaired) electrons. The Morgan fingerprint density at radius 3 is 2.64 bits per heavy atom. The van der Waals surface area contributed by atoms with E-state index >= 15 is 0 Å². The van der Waals surface area contributed by atoms with E-state index in [-0.39, 0.29) is 11.6 Å². The van der Waals surface area contributed by atoms with Gasteiger partial charge in [0, 0.05) is 5.56 Å². The molecule has 6 heteroatoms. The number of aromatic nitrogens is 1. The Morgan fingerprint density at radius 2 is 1.83 bits per heavy atom. The first kappa shape index (κ1) is 22.6. The van der Waals surface area contributed by atoms with Crippen molar-refractivity contribution in [3.8, 4) is 11.5 Å². The highest BCUT2D eigenvalue weighted by atomic mass is 32.1. The maximum atomic E-state index is 13.9. The Hall–Kier alpha value is -3.90. The molecule has 2 heterocycles. The van der Waals surface area contributed by atoms with Crippen molar-refractivity contribution in [2.24, 2.45) is 4.99 Å². The van der Waals surface area contributed by atoms with Crippen LogP contribution in [0.2, 0.25) is 0 Å². The molecule has 3 aromatic carbocycles. The molecule has 6 rings (SSSR count). The molecular formula is C30H26N2O3S. The van der Waals surface area contributed by atoms with Gasteiger partial charge in [-0.15, -0.1) is 0 Å². The SMILES string of the molecule is CCOc1cc(C=c2sc3n(c2=O)C(c2ccccc2)C2=C(N=3)c3ccccc3CC2)ccc1OC. The maximum absolute atomic E-state index is 13.9. The number of aryl methyl sites for hydroxylation is 1. The normalized spacial score (nSPS) is 16.6. The second-order valence-corrected chi connectivity index (χ2v) is 9.88. The van der Waals surface area contributed by atoms with Crippen molar-refractivity contribution < 1.29 is 9.47 Å². The number of benzene rings is 3. The summed E-state index contributed by atoms with van der Waals surface area (Å²) in [5.41, 5.74) is 6.68. The highest BCUT2D eigenvalue weighted by molar-refractivity contribution is 7.07. The van der Waals surface area contributed by atoms with Gasteiger partial charge in [0.25, 0.3) is 5.56 Å². The number of thiazole rings is 1. The van der Waals surface area contributed by atoms with E-state index in [4.69, 9.17) is 14.5 Å². The van der Waals surface area contributed by atoms with Crippen molar-refractivity contribution in [2.45, 2.75) is 25.8 Å². The van der Waals surface area contributed by atoms with Crippen LogP contribution in [0, 0.1) is 0 Å². The summed E-state index contributed by atoms with van der Waals surface area (Å²) in [6, 6.07) is 24.3. The molecule has 0 amide bonds. The molecule has 1 atom stereocenters. The molecule has 0 fully saturated rings. The standard InChI is InChI=1S/C30H26N2O3S/c1-3-35-25-17-19(13-16-24(25)34-2)18-26-29(33)32-28(21-10-5-4-6-11-21)23-15-14-20-9-7-8-12-22(20)27(23)31-30(32)36-26/h4-13,16-18,28H,3,14-15H2,1-2H3. The summed E-state index contributed by atoms with van der Waals surface area (Å²) in [5.74, 6) is 1.33. The van der Waals surface area contributed by atoms with E-state index in [1.54, 1.807) is 7.11 Å². The lowest BCUT2D eigenvalue weighted by Gasteiger charge is -2.30. The minimum atomic E-state index is -0.164. The lowest BCUT2D eigenvalue weighted by molar-refractivity contribution is 0.311. The van der Waals surface area contributed by atoms with Gasteiger partial charge in [0.15, 0.2) is 16.3 Å². The third kappa shape index (κ3) is 3.78. The maximum Gasteiger partial charge on any atom is 0.271 e. The zero-order chi connectivity index (χ0) is 24.6. The van der Waals surface area contributed by atoms with E-state index in [0.717, 1.165) is 34.5 Å². The molecule has 0 saturated carbocycles. The summed E-state index contributed by atoms with van der Waals surface area (Å²) in [4.78, 5) is 19.7. The molecule has 0 saturated heterocycles. The number of nitrogens with zero attached hydrogens (tertiary/aromatic N) is 2. The number of rotatable bonds is 5. The first-order valence-corrected chi connectivity index (χ1v) is 13.0. The Morgan fingerprint density at radius 1 is 1.03 bits per heavy atom. The Bertz CT molecular complexity index is 1660. The predicted octanol–water partition coefficient (Wildman–Crippen LogP) is 4.73. The average Bonchev–Trinajstić information content (AvgIpc) is 3.22. The van der Waals surface area contributed by atoms with E-state index in [1.807, 2.05) is 54.0 Å².